The van der Waals surface area contributed by atoms with Crippen molar-refractivity contribution in [1.29, 1.82) is 0 Å². The molecular weight excluding hydrogens is 717 g/mol. The van der Waals surface area contributed by atoms with Gasteiger partial charge in [-0.15, -0.1) is 11.3 Å². The Bertz CT molecular complexity index is 1590. The molecule has 4 N–H and O–H groups in total. The summed E-state index contributed by atoms with van der Waals surface area (Å²) in [5.41, 5.74) is 6.37. The number of rotatable bonds is 19. The number of fused-ring (bicyclic) bond motifs is 2. The molecule has 1 aromatic carbocycles. The topological polar surface area (TPSA) is 156 Å². The lowest BCUT2D eigenvalue weighted by Crippen LogP contribution is -2.61. The number of primary amides is 1. The number of thiazole rings is 1. The monoisotopic (exact) mass is 780 g/mol. The first-order valence-corrected chi connectivity index (χ1v) is 21.1. The molecule has 11 atom stereocenters. The predicted molar refractivity (Wildman–Crippen MR) is 214 cm³/mol. The Balaban J connectivity index is 1.30. The number of likely N-dealkylation sites (N-methyl/N-ethyl adjacent to an activating group) is 1. The molecule has 0 radical (unpaired) electrons. The molecule has 5 rings (SSSR count). The third-order valence-corrected chi connectivity index (χ3v) is 13.8. The molecule has 1 saturated carbocycles. The number of benzene rings is 1. The summed E-state index contributed by atoms with van der Waals surface area (Å²) in [6.45, 7) is 10.7. The zero-order chi connectivity index (χ0) is 40.0. The van der Waals surface area contributed by atoms with Gasteiger partial charge in [0, 0.05) is 44.9 Å². The van der Waals surface area contributed by atoms with E-state index in [1.807, 2.05) is 59.5 Å². The molecule has 1 aromatic heterocycles. The highest BCUT2D eigenvalue weighted by Crippen LogP contribution is 2.50. The van der Waals surface area contributed by atoms with Crippen molar-refractivity contribution < 1.29 is 28.7 Å². The summed E-state index contributed by atoms with van der Waals surface area (Å²) < 4.78 is 12.2. The van der Waals surface area contributed by atoms with Crippen molar-refractivity contribution in [2.75, 3.05) is 27.8 Å². The molecule has 13 heteroatoms. The molecule has 304 valence electrons. The van der Waals surface area contributed by atoms with Crippen LogP contribution in [0, 0.1) is 29.6 Å². The molecule has 2 saturated heterocycles. The standard InChI is InChI=1S/C42H64N6O6S/c1-9-26(4)36(47(6)41(52)34(25(2)3)42-18-17-29(24-42)35(46-42)38(43)50)32(53-7)23-33(49)48-20-13-16-31(48)37(54-8)27(5)39(51)45-30(40-44-19-21-55-40)22-28-14-11-10-12-15-28/h10-12,14-15,19,21,25-27,29-32,34-37,46H,9,13,16-18,20,22-24H2,1-8H3,(H2,43,50)(H,45,51)/t26-,27+,29?,30-,31-,32+,34+,35?,36-,37+,42?/m0/s1. The van der Waals surface area contributed by atoms with Gasteiger partial charge in [0.05, 0.1) is 54.6 Å². The second-order valence-corrected chi connectivity index (χ2v) is 17.5. The minimum atomic E-state index is -0.562. The normalized spacial score (nSPS) is 25.9. The minimum absolute atomic E-state index is 0.00489. The SMILES string of the molecule is CC[C@H](C)[C@@H]([C@@H](CC(=O)N1CCC[C@H]1[C@H](OC)[C@@H](C)C(=O)N[C@@H](Cc1ccccc1)c1nccs1)OC)N(C)C(=O)[C@@H](C(C)C)C12CCC(C1)C(C(N)=O)N2. The van der Waals surface area contributed by atoms with Crippen LogP contribution in [0.25, 0.3) is 0 Å². The largest absolute Gasteiger partial charge is 0.379 e. The molecule has 2 bridgehead atoms. The van der Waals surface area contributed by atoms with Gasteiger partial charge in [-0.3, -0.25) is 24.5 Å². The maximum absolute atomic E-state index is 14.7. The molecule has 55 heavy (non-hydrogen) atoms. The van der Waals surface area contributed by atoms with Crippen LogP contribution in [0.15, 0.2) is 41.9 Å². The zero-order valence-corrected chi connectivity index (χ0v) is 34.8. The van der Waals surface area contributed by atoms with Crippen LogP contribution in [0.2, 0.25) is 0 Å². The van der Waals surface area contributed by atoms with Gasteiger partial charge in [0.1, 0.15) is 5.01 Å². The lowest BCUT2D eigenvalue weighted by atomic mass is 9.74. The Morgan fingerprint density at radius 1 is 1.11 bits per heavy atom. The van der Waals surface area contributed by atoms with Gasteiger partial charge in [-0.1, -0.05) is 71.4 Å². The molecule has 0 spiro atoms. The van der Waals surface area contributed by atoms with Gasteiger partial charge < -0.3 is 30.3 Å². The highest BCUT2D eigenvalue weighted by Gasteiger charge is 2.59. The number of carbonyl (C=O) groups excluding carboxylic acids is 4. The molecule has 2 aliphatic heterocycles. The number of nitrogens with zero attached hydrogens (tertiary/aromatic N) is 3. The number of amides is 4. The van der Waals surface area contributed by atoms with Gasteiger partial charge in [-0.25, -0.2) is 4.98 Å². The van der Waals surface area contributed by atoms with E-state index >= 15 is 0 Å². The quantitative estimate of drug-likeness (QED) is 0.185. The number of hydrogen-bond acceptors (Lipinski definition) is 9. The molecular formula is C42H64N6O6S. The summed E-state index contributed by atoms with van der Waals surface area (Å²) in [5, 5.41) is 9.51. The Hall–Kier alpha value is -3.39. The predicted octanol–water partition coefficient (Wildman–Crippen LogP) is 4.73. The van der Waals surface area contributed by atoms with Crippen LogP contribution in [0.1, 0.15) is 96.2 Å². The maximum Gasteiger partial charge on any atom is 0.234 e. The molecule has 12 nitrogen and oxygen atoms in total. The molecule has 3 heterocycles. The highest BCUT2D eigenvalue weighted by atomic mass is 32.1. The van der Waals surface area contributed by atoms with Crippen molar-refractivity contribution >= 4 is 35.0 Å². The fraction of sp³-hybridized carbons (Fsp3) is 0.690. The van der Waals surface area contributed by atoms with Crippen molar-refractivity contribution in [3.05, 3.63) is 52.5 Å². The number of likely N-dealkylation sites (tertiary alicyclic amines) is 1. The first kappa shape index (κ1) is 42.7. The minimum Gasteiger partial charge on any atom is -0.379 e. The van der Waals surface area contributed by atoms with Gasteiger partial charge in [0.15, 0.2) is 0 Å². The number of piperidine rings is 1. The molecule has 2 aromatic rings. The van der Waals surface area contributed by atoms with Crippen LogP contribution >= 0.6 is 11.3 Å². The summed E-state index contributed by atoms with van der Waals surface area (Å²) in [6, 6.07) is 8.65. The van der Waals surface area contributed by atoms with Gasteiger partial charge in [-0.2, -0.15) is 0 Å². The van der Waals surface area contributed by atoms with E-state index in [0.29, 0.717) is 19.4 Å². The first-order valence-electron chi connectivity index (χ1n) is 20.2. The van der Waals surface area contributed by atoms with E-state index in [9.17, 15) is 19.2 Å². The lowest BCUT2D eigenvalue weighted by molar-refractivity contribution is -0.150. The van der Waals surface area contributed by atoms with E-state index in [1.54, 1.807) is 20.4 Å². The second kappa shape index (κ2) is 18.7. The van der Waals surface area contributed by atoms with E-state index in [2.05, 4.69) is 43.3 Å². The lowest BCUT2D eigenvalue weighted by Gasteiger charge is -2.45. The molecule has 3 unspecified atom stereocenters. The van der Waals surface area contributed by atoms with E-state index in [4.69, 9.17) is 15.2 Å². The van der Waals surface area contributed by atoms with Gasteiger partial charge in [-0.05, 0) is 61.8 Å². The van der Waals surface area contributed by atoms with Crippen LogP contribution in [0.5, 0.6) is 0 Å². The number of nitrogens with two attached hydrogens (primary N) is 1. The molecule has 4 amide bonds. The zero-order valence-electron chi connectivity index (χ0n) is 34.0. The van der Waals surface area contributed by atoms with Crippen molar-refractivity contribution in [2.24, 2.45) is 35.3 Å². The number of methoxy groups -OCH3 is 2. The maximum atomic E-state index is 14.7. The first-order chi connectivity index (χ1) is 26.3. The Morgan fingerprint density at radius 2 is 1.84 bits per heavy atom. The van der Waals surface area contributed by atoms with Crippen LogP contribution in [0.3, 0.4) is 0 Å². The molecule has 3 aliphatic rings. The van der Waals surface area contributed by atoms with Gasteiger partial charge in [0.25, 0.3) is 0 Å². The van der Waals surface area contributed by atoms with Crippen molar-refractivity contribution in [2.45, 2.75) is 128 Å². The van der Waals surface area contributed by atoms with Crippen LogP contribution in [-0.4, -0.2) is 102 Å². The average Bonchev–Trinajstić information content (AvgIpc) is 4.00. The third kappa shape index (κ3) is 9.27. The summed E-state index contributed by atoms with van der Waals surface area (Å²) in [5.74, 6) is -1.33. The van der Waals surface area contributed by atoms with E-state index in [0.717, 1.165) is 42.7 Å². The van der Waals surface area contributed by atoms with Gasteiger partial charge in [0.2, 0.25) is 23.6 Å². The highest BCUT2D eigenvalue weighted by molar-refractivity contribution is 7.09. The van der Waals surface area contributed by atoms with Gasteiger partial charge >= 0.3 is 0 Å². The Kier molecular flexibility index (Phi) is 14.5. The van der Waals surface area contributed by atoms with Crippen LogP contribution in [-0.2, 0) is 35.1 Å². The van der Waals surface area contributed by atoms with Crippen LogP contribution in [0.4, 0.5) is 0 Å². The molecule has 3 fully saturated rings. The third-order valence-electron chi connectivity index (χ3n) is 12.9. The number of carbonyl (C=O) groups is 4. The summed E-state index contributed by atoms with van der Waals surface area (Å²) in [4.78, 5) is 63.5. The van der Waals surface area contributed by atoms with Crippen molar-refractivity contribution in [1.82, 2.24) is 25.4 Å². The summed E-state index contributed by atoms with van der Waals surface area (Å²) in [7, 11) is 5.06. The number of aromatic nitrogens is 1. The Labute approximate surface area is 331 Å². The van der Waals surface area contributed by atoms with E-state index < -0.39 is 29.7 Å². The van der Waals surface area contributed by atoms with Crippen molar-refractivity contribution in [3.8, 4) is 0 Å². The van der Waals surface area contributed by atoms with Crippen molar-refractivity contribution in [3.63, 3.8) is 0 Å². The van der Waals surface area contributed by atoms with E-state index in [-0.39, 0.29) is 71.8 Å². The van der Waals surface area contributed by atoms with E-state index in [1.165, 1.54) is 11.3 Å². The second-order valence-electron chi connectivity index (χ2n) is 16.6. The summed E-state index contributed by atoms with van der Waals surface area (Å²) in [6.07, 6.45) is 6.07. The van der Waals surface area contributed by atoms with Crippen LogP contribution < -0.4 is 16.4 Å². The number of hydrogen-bond donors (Lipinski definition) is 3. The Morgan fingerprint density at radius 3 is 2.42 bits per heavy atom. The smallest absolute Gasteiger partial charge is 0.234 e. The number of nitrogens with one attached hydrogen (secondary N) is 2. The average molecular weight is 781 g/mol. The number of ether oxygens (including phenoxy) is 2. The fourth-order valence-corrected chi connectivity index (χ4v) is 10.8. The fourth-order valence-electron chi connectivity index (χ4n) is 10.1. The molecule has 1 aliphatic carbocycles. The summed E-state index contributed by atoms with van der Waals surface area (Å²) >= 11 is 1.51.